The van der Waals surface area contributed by atoms with Gasteiger partial charge in [0, 0.05) is 12.1 Å². The second kappa shape index (κ2) is 10.1. The maximum atomic E-state index is 13.1. The maximum absolute atomic E-state index is 13.1. The van der Waals surface area contributed by atoms with Crippen molar-refractivity contribution in [3.05, 3.63) is 70.8 Å². The van der Waals surface area contributed by atoms with E-state index >= 15 is 0 Å². The van der Waals surface area contributed by atoms with E-state index in [0.29, 0.717) is 39.8 Å². The number of Topliss-reactive ketones (excluding diaryl/α,β-unsaturated/α-hetero) is 1. The number of aromatic nitrogens is 3. The zero-order chi connectivity index (χ0) is 21.7. The standard InChI is InChI=1S/C22H23ClFN3O2S/c1-14(2)12-27-21(15(3)29-20-7-5-4-6-18(20)23)25-26-22(27)30-13-19(28)16-8-10-17(24)11-9-16/h4-11,14-15H,12-13H2,1-3H3. The molecule has 0 amide bonds. The minimum absolute atomic E-state index is 0.0963. The molecular weight excluding hydrogens is 425 g/mol. The fourth-order valence-electron chi connectivity index (χ4n) is 2.88. The molecule has 2 aromatic carbocycles. The molecular formula is C22H23ClFN3O2S. The molecule has 0 N–H and O–H groups in total. The minimum atomic E-state index is -0.377. The number of carbonyl (C=O) groups excluding carboxylic acids is 1. The van der Waals surface area contributed by atoms with Crippen molar-refractivity contribution < 1.29 is 13.9 Å². The molecule has 5 nitrogen and oxygen atoms in total. The Hall–Kier alpha value is -2.38. The zero-order valence-corrected chi connectivity index (χ0v) is 18.6. The lowest BCUT2D eigenvalue weighted by atomic mass is 10.1. The van der Waals surface area contributed by atoms with E-state index in [1.54, 1.807) is 12.1 Å². The van der Waals surface area contributed by atoms with Crippen molar-refractivity contribution in [3.63, 3.8) is 0 Å². The normalized spacial score (nSPS) is 12.2. The van der Waals surface area contributed by atoms with E-state index in [2.05, 4.69) is 24.0 Å². The first-order valence-electron chi connectivity index (χ1n) is 9.61. The van der Waals surface area contributed by atoms with Crippen LogP contribution < -0.4 is 4.74 Å². The Balaban J connectivity index is 1.76. The largest absolute Gasteiger partial charge is 0.481 e. The van der Waals surface area contributed by atoms with E-state index in [1.165, 1.54) is 36.0 Å². The third-order valence-electron chi connectivity index (χ3n) is 4.30. The summed E-state index contributed by atoms with van der Waals surface area (Å²) < 4.78 is 21.1. The van der Waals surface area contributed by atoms with E-state index in [0.717, 1.165) is 0 Å². The highest BCUT2D eigenvalue weighted by Crippen LogP contribution is 2.30. The number of ketones is 1. The first-order chi connectivity index (χ1) is 14.3. The van der Waals surface area contributed by atoms with Crippen LogP contribution in [0, 0.1) is 11.7 Å². The van der Waals surface area contributed by atoms with Gasteiger partial charge in [-0.15, -0.1) is 10.2 Å². The molecule has 158 valence electrons. The van der Waals surface area contributed by atoms with Crippen LogP contribution in [0.5, 0.6) is 5.75 Å². The Morgan fingerprint density at radius 2 is 1.83 bits per heavy atom. The van der Waals surface area contributed by atoms with Gasteiger partial charge in [-0.05, 0) is 49.2 Å². The molecule has 1 unspecified atom stereocenters. The van der Waals surface area contributed by atoms with Gasteiger partial charge >= 0.3 is 0 Å². The lowest BCUT2D eigenvalue weighted by molar-refractivity contribution is 0.102. The van der Waals surface area contributed by atoms with Gasteiger partial charge in [-0.1, -0.05) is 49.3 Å². The summed E-state index contributed by atoms with van der Waals surface area (Å²) in [7, 11) is 0. The first-order valence-corrected chi connectivity index (χ1v) is 11.0. The average Bonchev–Trinajstić information content (AvgIpc) is 3.10. The predicted octanol–water partition coefficient (Wildman–Crippen LogP) is 5.84. The average molecular weight is 448 g/mol. The Kier molecular flexibility index (Phi) is 7.50. The highest BCUT2D eigenvalue weighted by Gasteiger charge is 2.21. The van der Waals surface area contributed by atoms with Gasteiger partial charge in [-0.2, -0.15) is 0 Å². The summed E-state index contributed by atoms with van der Waals surface area (Å²) in [5.74, 6) is 1.31. The van der Waals surface area contributed by atoms with E-state index in [-0.39, 0.29) is 23.5 Å². The van der Waals surface area contributed by atoms with Gasteiger partial charge in [0.25, 0.3) is 0 Å². The quantitative estimate of drug-likeness (QED) is 0.304. The van der Waals surface area contributed by atoms with Gasteiger partial charge in [0.2, 0.25) is 0 Å². The van der Waals surface area contributed by atoms with Gasteiger partial charge in [-0.3, -0.25) is 4.79 Å². The zero-order valence-electron chi connectivity index (χ0n) is 17.0. The molecule has 0 saturated carbocycles. The summed E-state index contributed by atoms with van der Waals surface area (Å²) in [6.45, 7) is 6.77. The van der Waals surface area contributed by atoms with E-state index in [1.807, 2.05) is 23.6 Å². The molecule has 0 aliphatic carbocycles. The Morgan fingerprint density at radius 1 is 1.13 bits per heavy atom. The summed E-state index contributed by atoms with van der Waals surface area (Å²) in [6, 6.07) is 12.8. The highest BCUT2D eigenvalue weighted by atomic mass is 35.5. The molecule has 0 radical (unpaired) electrons. The maximum Gasteiger partial charge on any atom is 0.191 e. The number of nitrogens with zero attached hydrogens (tertiary/aromatic N) is 3. The number of hydrogen-bond donors (Lipinski definition) is 0. The number of benzene rings is 2. The van der Waals surface area contributed by atoms with Gasteiger partial charge in [0.15, 0.2) is 22.9 Å². The molecule has 1 atom stereocenters. The third kappa shape index (κ3) is 5.61. The number of para-hydroxylation sites is 1. The smallest absolute Gasteiger partial charge is 0.191 e. The molecule has 0 aliphatic rings. The summed E-state index contributed by atoms with van der Waals surface area (Å²) >= 11 is 7.51. The molecule has 3 aromatic rings. The second-order valence-corrected chi connectivity index (χ2v) is 8.60. The van der Waals surface area contributed by atoms with E-state index in [4.69, 9.17) is 16.3 Å². The topological polar surface area (TPSA) is 57.0 Å². The van der Waals surface area contributed by atoms with Crippen molar-refractivity contribution >= 4 is 29.1 Å². The number of halogens is 2. The summed E-state index contributed by atoms with van der Waals surface area (Å²) in [6.07, 6.45) is -0.377. The molecule has 3 rings (SSSR count). The van der Waals surface area contributed by atoms with Crippen LogP contribution >= 0.6 is 23.4 Å². The molecule has 0 aliphatic heterocycles. The van der Waals surface area contributed by atoms with Crippen LogP contribution in [0.3, 0.4) is 0 Å². The molecule has 0 saturated heterocycles. The van der Waals surface area contributed by atoms with E-state index < -0.39 is 0 Å². The van der Waals surface area contributed by atoms with Crippen molar-refractivity contribution in [2.45, 2.75) is 38.6 Å². The Morgan fingerprint density at radius 3 is 2.50 bits per heavy atom. The third-order valence-corrected chi connectivity index (χ3v) is 5.57. The number of carbonyl (C=O) groups is 1. The number of rotatable bonds is 9. The molecule has 30 heavy (non-hydrogen) atoms. The first kappa shape index (κ1) is 22.3. The van der Waals surface area contributed by atoms with Crippen molar-refractivity contribution in [1.29, 1.82) is 0 Å². The second-order valence-electron chi connectivity index (χ2n) is 7.25. The Labute approximate surface area is 184 Å². The molecule has 0 bridgehead atoms. The monoisotopic (exact) mass is 447 g/mol. The fraction of sp³-hybridized carbons (Fsp3) is 0.318. The van der Waals surface area contributed by atoms with Crippen LogP contribution in [0.15, 0.2) is 53.7 Å². The molecule has 1 heterocycles. The fourth-order valence-corrected chi connectivity index (χ4v) is 3.91. The van der Waals surface area contributed by atoms with Crippen molar-refractivity contribution in [2.75, 3.05) is 5.75 Å². The van der Waals surface area contributed by atoms with Crippen LogP contribution in [0.25, 0.3) is 0 Å². The summed E-state index contributed by atoms with van der Waals surface area (Å²) in [5, 5.41) is 9.77. The molecule has 0 spiro atoms. The van der Waals surface area contributed by atoms with E-state index in [9.17, 15) is 9.18 Å². The van der Waals surface area contributed by atoms with Crippen molar-refractivity contribution in [2.24, 2.45) is 5.92 Å². The Bertz CT molecular complexity index is 1010. The van der Waals surface area contributed by atoms with Crippen molar-refractivity contribution in [1.82, 2.24) is 14.8 Å². The van der Waals surface area contributed by atoms with Crippen LogP contribution in [0.2, 0.25) is 5.02 Å². The van der Waals surface area contributed by atoms with Crippen LogP contribution in [0.4, 0.5) is 4.39 Å². The van der Waals surface area contributed by atoms with Crippen molar-refractivity contribution in [3.8, 4) is 5.75 Å². The van der Waals surface area contributed by atoms with Gasteiger partial charge < -0.3 is 9.30 Å². The lowest BCUT2D eigenvalue weighted by Crippen LogP contribution is -2.15. The molecule has 8 heteroatoms. The number of hydrogen-bond acceptors (Lipinski definition) is 5. The van der Waals surface area contributed by atoms with Gasteiger partial charge in [0.05, 0.1) is 10.8 Å². The minimum Gasteiger partial charge on any atom is -0.481 e. The van der Waals surface area contributed by atoms with Gasteiger partial charge in [-0.25, -0.2) is 4.39 Å². The van der Waals surface area contributed by atoms with Crippen LogP contribution in [-0.4, -0.2) is 26.3 Å². The van der Waals surface area contributed by atoms with Crippen LogP contribution in [0.1, 0.15) is 43.1 Å². The SMILES string of the molecule is CC(C)Cn1c(SCC(=O)c2ccc(F)cc2)nnc1C(C)Oc1ccccc1Cl. The predicted molar refractivity (Wildman–Crippen MR) is 117 cm³/mol. The highest BCUT2D eigenvalue weighted by molar-refractivity contribution is 7.99. The summed E-state index contributed by atoms with van der Waals surface area (Å²) in [4.78, 5) is 12.4. The van der Waals surface area contributed by atoms with Crippen LogP contribution in [-0.2, 0) is 6.54 Å². The van der Waals surface area contributed by atoms with Gasteiger partial charge in [0.1, 0.15) is 11.6 Å². The molecule has 0 fully saturated rings. The lowest BCUT2D eigenvalue weighted by Gasteiger charge is -2.18. The number of ether oxygens (including phenoxy) is 1. The molecule has 1 aromatic heterocycles. The number of thioether (sulfide) groups is 1. The summed E-state index contributed by atoms with van der Waals surface area (Å²) in [5.41, 5.74) is 0.467.